The van der Waals surface area contributed by atoms with Crippen LogP contribution in [0, 0.1) is 0 Å². The van der Waals surface area contributed by atoms with Gasteiger partial charge in [-0.05, 0) is 18.2 Å². The van der Waals surface area contributed by atoms with Crippen molar-refractivity contribution in [2.24, 2.45) is 0 Å². The Morgan fingerprint density at radius 3 is 2.43 bits per heavy atom. The van der Waals surface area contributed by atoms with Crippen molar-refractivity contribution < 1.29 is 14.3 Å². The lowest BCUT2D eigenvalue weighted by Gasteiger charge is -2.08. The number of benzene rings is 2. The van der Waals surface area contributed by atoms with Gasteiger partial charge in [-0.2, -0.15) is 5.10 Å². The highest BCUT2D eigenvalue weighted by atomic mass is 16.6. The number of nitrogens with one attached hydrogen (secondary N) is 1. The summed E-state index contributed by atoms with van der Waals surface area (Å²) in [4.78, 5) is 23.8. The van der Waals surface area contributed by atoms with Gasteiger partial charge in [-0.3, -0.25) is 4.79 Å². The van der Waals surface area contributed by atoms with Crippen LogP contribution in [0.2, 0.25) is 0 Å². The van der Waals surface area contributed by atoms with Crippen LogP contribution in [0.5, 0.6) is 5.75 Å². The molecule has 0 fully saturated rings. The van der Waals surface area contributed by atoms with Gasteiger partial charge < -0.3 is 9.47 Å². The number of hydrogen-bond acceptors (Lipinski definition) is 5. The fourth-order valence-corrected chi connectivity index (χ4v) is 2.15. The number of H-pyrrole nitrogens is 1. The molecule has 0 aliphatic heterocycles. The van der Waals surface area contributed by atoms with Gasteiger partial charge in [-0.15, -0.1) is 0 Å². The molecule has 23 heavy (non-hydrogen) atoms. The molecule has 2 aromatic carbocycles. The molecule has 0 amide bonds. The molecule has 0 unspecified atom stereocenters. The molecule has 0 bridgehead atoms. The maximum absolute atomic E-state index is 12.1. The Hall–Kier alpha value is -3.15. The third kappa shape index (κ3) is 3.37. The predicted molar refractivity (Wildman–Crippen MR) is 84.6 cm³/mol. The van der Waals surface area contributed by atoms with Gasteiger partial charge in [0.15, 0.2) is 5.69 Å². The monoisotopic (exact) mass is 310 g/mol. The highest BCUT2D eigenvalue weighted by Crippen LogP contribution is 2.13. The Kier molecular flexibility index (Phi) is 4.33. The summed E-state index contributed by atoms with van der Waals surface area (Å²) in [5.74, 6) is 0.102. The minimum Gasteiger partial charge on any atom is -0.490 e. The van der Waals surface area contributed by atoms with E-state index in [1.807, 2.05) is 30.3 Å². The average molecular weight is 310 g/mol. The van der Waals surface area contributed by atoms with E-state index in [4.69, 9.17) is 9.47 Å². The first kappa shape index (κ1) is 14.8. The molecule has 3 aromatic rings. The molecular formula is C17H14N2O4. The first-order valence-corrected chi connectivity index (χ1v) is 7.08. The van der Waals surface area contributed by atoms with Crippen molar-refractivity contribution in [3.63, 3.8) is 0 Å². The minimum atomic E-state index is -0.603. The summed E-state index contributed by atoms with van der Waals surface area (Å²) in [6, 6.07) is 16.0. The lowest BCUT2D eigenvalue weighted by Crippen LogP contribution is -2.18. The smallest absolute Gasteiger partial charge is 0.359 e. The van der Waals surface area contributed by atoms with Crippen molar-refractivity contribution in [3.8, 4) is 5.75 Å². The molecule has 0 spiro atoms. The zero-order valence-electron chi connectivity index (χ0n) is 12.2. The van der Waals surface area contributed by atoms with Crippen LogP contribution in [0.1, 0.15) is 10.5 Å². The zero-order chi connectivity index (χ0) is 16.1. The van der Waals surface area contributed by atoms with Crippen LogP contribution in [0.3, 0.4) is 0 Å². The molecule has 116 valence electrons. The summed E-state index contributed by atoms with van der Waals surface area (Å²) in [6.07, 6.45) is 0. The van der Waals surface area contributed by atoms with E-state index in [1.54, 1.807) is 24.3 Å². The maximum Gasteiger partial charge on any atom is 0.359 e. The number of rotatable bonds is 5. The van der Waals surface area contributed by atoms with Crippen molar-refractivity contribution >= 4 is 16.7 Å². The molecule has 0 saturated heterocycles. The Labute approximate surface area is 131 Å². The average Bonchev–Trinajstić information content (AvgIpc) is 2.60. The van der Waals surface area contributed by atoms with Gasteiger partial charge in [0.2, 0.25) is 0 Å². The molecule has 0 aliphatic carbocycles. The molecule has 1 aromatic heterocycles. The van der Waals surface area contributed by atoms with Crippen LogP contribution >= 0.6 is 0 Å². The van der Waals surface area contributed by atoms with Crippen LogP contribution in [-0.4, -0.2) is 29.4 Å². The van der Waals surface area contributed by atoms with Gasteiger partial charge in [0.25, 0.3) is 5.56 Å². The number of aromatic nitrogens is 2. The highest BCUT2D eigenvalue weighted by molar-refractivity contribution is 6.01. The fourth-order valence-electron chi connectivity index (χ4n) is 2.15. The first-order valence-electron chi connectivity index (χ1n) is 7.08. The normalized spacial score (nSPS) is 10.4. The largest absolute Gasteiger partial charge is 0.490 e. The van der Waals surface area contributed by atoms with E-state index in [0.29, 0.717) is 16.5 Å². The topological polar surface area (TPSA) is 81.3 Å². The molecule has 3 rings (SSSR count). The molecule has 0 saturated carbocycles. The summed E-state index contributed by atoms with van der Waals surface area (Å²) in [6.45, 7) is 0.319. The maximum atomic E-state index is 12.1. The number of carbonyl (C=O) groups is 1. The van der Waals surface area contributed by atoms with E-state index in [2.05, 4.69) is 10.2 Å². The third-order valence-electron chi connectivity index (χ3n) is 3.22. The van der Waals surface area contributed by atoms with E-state index in [-0.39, 0.29) is 24.5 Å². The van der Waals surface area contributed by atoms with Gasteiger partial charge in [0.1, 0.15) is 19.0 Å². The lowest BCUT2D eigenvalue weighted by molar-refractivity contribution is 0.0445. The van der Waals surface area contributed by atoms with Gasteiger partial charge in [0, 0.05) is 5.39 Å². The number of nitrogens with zero attached hydrogens (tertiary/aromatic N) is 1. The molecule has 6 nitrogen and oxygen atoms in total. The van der Waals surface area contributed by atoms with Crippen molar-refractivity contribution in [2.45, 2.75) is 0 Å². The number of fused-ring (bicyclic) bond motifs is 1. The zero-order valence-corrected chi connectivity index (χ0v) is 12.2. The van der Waals surface area contributed by atoms with Crippen molar-refractivity contribution in [3.05, 3.63) is 70.6 Å². The van der Waals surface area contributed by atoms with Crippen molar-refractivity contribution in [1.29, 1.82) is 0 Å². The van der Waals surface area contributed by atoms with E-state index >= 15 is 0 Å². The Morgan fingerprint density at radius 2 is 1.65 bits per heavy atom. The SMILES string of the molecule is O=C(OCCOc1ccccc1)c1n[nH]c(=O)c2ccccc12. The minimum absolute atomic E-state index is 0.0833. The van der Waals surface area contributed by atoms with E-state index < -0.39 is 5.97 Å². The van der Waals surface area contributed by atoms with Gasteiger partial charge in [-0.25, -0.2) is 9.89 Å². The summed E-state index contributed by atoms with van der Waals surface area (Å²) >= 11 is 0. The number of esters is 1. The van der Waals surface area contributed by atoms with Crippen molar-refractivity contribution in [1.82, 2.24) is 10.2 Å². The van der Waals surface area contributed by atoms with Gasteiger partial charge in [-0.1, -0.05) is 36.4 Å². The lowest BCUT2D eigenvalue weighted by atomic mass is 10.1. The second-order valence-electron chi connectivity index (χ2n) is 4.74. The fraction of sp³-hybridized carbons (Fsp3) is 0.118. The number of aromatic amines is 1. The number of hydrogen-bond donors (Lipinski definition) is 1. The highest BCUT2D eigenvalue weighted by Gasteiger charge is 2.15. The molecule has 0 radical (unpaired) electrons. The Morgan fingerprint density at radius 1 is 0.957 bits per heavy atom. The van der Waals surface area contributed by atoms with Crippen LogP contribution in [0.4, 0.5) is 0 Å². The molecule has 0 atom stereocenters. The summed E-state index contributed by atoms with van der Waals surface area (Å²) in [5, 5.41) is 6.95. The molecule has 0 aliphatic rings. The number of para-hydroxylation sites is 1. The molecule has 6 heteroatoms. The Bertz CT molecular complexity index is 874. The van der Waals surface area contributed by atoms with E-state index in [9.17, 15) is 9.59 Å². The van der Waals surface area contributed by atoms with Crippen LogP contribution in [-0.2, 0) is 4.74 Å². The predicted octanol–water partition coefficient (Wildman–Crippen LogP) is 2.16. The van der Waals surface area contributed by atoms with Crippen LogP contribution in [0.25, 0.3) is 10.8 Å². The second-order valence-corrected chi connectivity index (χ2v) is 4.74. The quantitative estimate of drug-likeness (QED) is 0.577. The van der Waals surface area contributed by atoms with E-state index in [1.165, 1.54) is 0 Å². The standard InChI is InChI=1S/C17H14N2O4/c20-16-14-9-5-4-8-13(14)15(18-19-16)17(21)23-11-10-22-12-6-2-1-3-7-12/h1-9H,10-11H2,(H,19,20). The number of ether oxygens (including phenoxy) is 2. The van der Waals surface area contributed by atoms with Gasteiger partial charge >= 0.3 is 5.97 Å². The van der Waals surface area contributed by atoms with Crippen LogP contribution in [0.15, 0.2) is 59.4 Å². The first-order chi connectivity index (χ1) is 11.3. The molecule has 1 heterocycles. The van der Waals surface area contributed by atoms with Crippen LogP contribution < -0.4 is 10.3 Å². The molecule has 1 N–H and O–H groups in total. The summed E-state index contributed by atoms with van der Waals surface area (Å²) in [5.41, 5.74) is -0.260. The third-order valence-corrected chi connectivity index (χ3v) is 3.22. The summed E-state index contributed by atoms with van der Waals surface area (Å²) < 4.78 is 10.6. The second kappa shape index (κ2) is 6.74. The molecular weight excluding hydrogens is 296 g/mol. The number of carbonyl (C=O) groups excluding carboxylic acids is 1. The summed E-state index contributed by atoms with van der Waals surface area (Å²) in [7, 11) is 0. The van der Waals surface area contributed by atoms with E-state index in [0.717, 1.165) is 0 Å². The van der Waals surface area contributed by atoms with Gasteiger partial charge in [0.05, 0.1) is 5.39 Å². The Balaban J connectivity index is 1.65. The van der Waals surface area contributed by atoms with Crippen molar-refractivity contribution in [2.75, 3.05) is 13.2 Å².